The SMILES string of the molecule is CC(C)CCOC(C)C(=O)N1C[C@@H](CN)[C@H](c2ccccc2)C1. The number of carbonyl (C=O) groups excluding carboxylic acids is 1. The highest BCUT2D eigenvalue weighted by Crippen LogP contribution is 2.32. The zero-order valence-corrected chi connectivity index (χ0v) is 14.6. The van der Waals surface area contributed by atoms with E-state index in [4.69, 9.17) is 10.5 Å². The van der Waals surface area contributed by atoms with Crippen LogP contribution in [0.15, 0.2) is 30.3 Å². The van der Waals surface area contributed by atoms with Gasteiger partial charge in [0.1, 0.15) is 6.10 Å². The molecular formula is C19H30N2O2. The molecule has 0 bridgehead atoms. The summed E-state index contributed by atoms with van der Waals surface area (Å²) < 4.78 is 5.71. The van der Waals surface area contributed by atoms with Gasteiger partial charge in [-0.25, -0.2) is 0 Å². The van der Waals surface area contributed by atoms with Crippen LogP contribution in [0.4, 0.5) is 0 Å². The van der Waals surface area contributed by atoms with Crippen LogP contribution in [0, 0.1) is 11.8 Å². The van der Waals surface area contributed by atoms with Gasteiger partial charge in [0.15, 0.2) is 0 Å². The van der Waals surface area contributed by atoms with Crippen LogP contribution >= 0.6 is 0 Å². The number of rotatable bonds is 7. The highest BCUT2D eigenvalue weighted by Gasteiger charge is 2.36. The molecule has 3 atom stereocenters. The standard InChI is InChI=1S/C19H30N2O2/c1-14(2)9-10-23-15(3)19(22)21-12-17(11-20)18(13-21)16-7-5-4-6-8-16/h4-8,14-15,17-18H,9-13,20H2,1-3H3/t15?,17-,18+/m1/s1. The number of nitrogens with zero attached hydrogens (tertiary/aromatic N) is 1. The van der Waals surface area contributed by atoms with E-state index in [-0.39, 0.29) is 12.0 Å². The van der Waals surface area contributed by atoms with E-state index < -0.39 is 0 Å². The Morgan fingerprint density at radius 1 is 1.26 bits per heavy atom. The topological polar surface area (TPSA) is 55.6 Å². The number of hydrogen-bond donors (Lipinski definition) is 1. The van der Waals surface area contributed by atoms with Crippen LogP contribution in [-0.4, -0.2) is 43.2 Å². The predicted octanol–water partition coefficient (Wildman–Crippen LogP) is 2.64. The van der Waals surface area contributed by atoms with Crippen LogP contribution in [0.5, 0.6) is 0 Å². The molecule has 0 radical (unpaired) electrons. The summed E-state index contributed by atoms with van der Waals surface area (Å²) in [5.41, 5.74) is 7.21. The Bertz CT molecular complexity index is 489. The quantitative estimate of drug-likeness (QED) is 0.841. The van der Waals surface area contributed by atoms with Crippen molar-refractivity contribution in [3.63, 3.8) is 0 Å². The average Bonchev–Trinajstić information content (AvgIpc) is 2.98. The second-order valence-corrected chi connectivity index (χ2v) is 6.95. The maximum absolute atomic E-state index is 12.6. The van der Waals surface area contributed by atoms with Crippen LogP contribution in [0.2, 0.25) is 0 Å². The fraction of sp³-hybridized carbons (Fsp3) is 0.632. The van der Waals surface area contributed by atoms with E-state index in [2.05, 4.69) is 26.0 Å². The molecule has 1 aliphatic rings. The molecule has 1 amide bonds. The lowest BCUT2D eigenvalue weighted by Gasteiger charge is -2.21. The van der Waals surface area contributed by atoms with Crippen LogP contribution < -0.4 is 5.73 Å². The third-order valence-corrected chi connectivity index (χ3v) is 4.69. The monoisotopic (exact) mass is 318 g/mol. The molecule has 128 valence electrons. The fourth-order valence-corrected chi connectivity index (χ4v) is 3.18. The number of likely N-dealkylation sites (tertiary alicyclic amines) is 1. The van der Waals surface area contributed by atoms with Gasteiger partial charge in [0.05, 0.1) is 0 Å². The molecule has 1 aromatic carbocycles. The third-order valence-electron chi connectivity index (χ3n) is 4.69. The van der Waals surface area contributed by atoms with E-state index in [1.165, 1.54) is 5.56 Å². The average molecular weight is 318 g/mol. The molecule has 0 aliphatic carbocycles. The largest absolute Gasteiger partial charge is 0.369 e. The molecule has 4 nitrogen and oxygen atoms in total. The van der Waals surface area contributed by atoms with E-state index in [0.717, 1.165) is 19.5 Å². The van der Waals surface area contributed by atoms with Crippen molar-refractivity contribution >= 4 is 5.91 Å². The Morgan fingerprint density at radius 3 is 2.57 bits per heavy atom. The molecule has 1 heterocycles. The van der Waals surface area contributed by atoms with Gasteiger partial charge in [-0.15, -0.1) is 0 Å². The van der Waals surface area contributed by atoms with Gasteiger partial charge in [-0.05, 0) is 37.3 Å². The number of hydrogen-bond acceptors (Lipinski definition) is 3. The van der Waals surface area contributed by atoms with E-state index in [9.17, 15) is 4.79 Å². The van der Waals surface area contributed by atoms with Crippen molar-refractivity contribution in [3.8, 4) is 0 Å². The molecule has 2 rings (SSSR count). The first-order chi connectivity index (χ1) is 11.0. The molecule has 0 aromatic heterocycles. The predicted molar refractivity (Wildman–Crippen MR) is 93.2 cm³/mol. The first-order valence-electron chi connectivity index (χ1n) is 8.68. The molecule has 23 heavy (non-hydrogen) atoms. The molecule has 2 N–H and O–H groups in total. The molecule has 1 saturated heterocycles. The molecule has 4 heteroatoms. The fourth-order valence-electron chi connectivity index (χ4n) is 3.18. The molecular weight excluding hydrogens is 288 g/mol. The van der Waals surface area contributed by atoms with E-state index in [1.807, 2.05) is 30.0 Å². The third kappa shape index (κ3) is 4.79. The smallest absolute Gasteiger partial charge is 0.251 e. The minimum atomic E-state index is -0.373. The summed E-state index contributed by atoms with van der Waals surface area (Å²) in [6, 6.07) is 10.4. The van der Waals surface area contributed by atoms with Crippen molar-refractivity contribution in [2.24, 2.45) is 17.6 Å². The van der Waals surface area contributed by atoms with Crippen molar-refractivity contribution in [1.82, 2.24) is 4.90 Å². The van der Waals surface area contributed by atoms with E-state index >= 15 is 0 Å². The van der Waals surface area contributed by atoms with Gasteiger partial charge in [0.2, 0.25) is 0 Å². The second kappa shape index (κ2) is 8.46. The highest BCUT2D eigenvalue weighted by atomic mass is 16.5. The van der Waals surface area contributed by atoms with Crippen molar-refractivity contribution in [2.45, 2.75) is 39.2 Å². The van der Waals surface area contributed by atoms with Crippen LogP contribution in [0.25, 0.3) is 0 Å². The lowest BCUT2D eigenvalue weighted by Crippen LogP contribution is -2.38. The molecule has 1 fully saturated rings. The first-order valence-corrected chi connectivity index (χ1v) is 8.68. The zero-order chi connectivity index (χ0) is 16.8. The summed E-state index contributed by atoms with van der Waals surface area (Å²) in [5.74, 6) is 1.33. The normalized spacial score (nSPS) is 22.6. The number of carbonyl (C=O) groups is 1. The maximum atomic E-state index is 12.6. The number of ether oxygens (including phenoxy) is 1. The van der Waals surface area contributed by atoms with Crippen molar-refractivity contribution in [2.75, 3.05) is 26.2 Å². The summed E-state index contributed by atoms with van der Waals surface area (Å²) >= 11 is 0. The van der Waals surface area contributed by atoms with Crippen LogP contribution in [0.3, 0.4) is 0 Å². The van der Waals surface area contributed by atoms with Crippen molar-refractivity contribution in [3.05, 3.63) is 35.9 Å². The molecule has 0 spiro atoms. The Labute approximate surface area is 140 Å². The Kier molecular flexibility index (Phi) is 6.60. The number of benzene rings is 1. The minimum absolute atomic E-state index is 0.0886. The van der Waals surface area contributed by atoms with Crippen LogP contribution in [-0.2, 0) is 9.53 Å². The van der Waals surface area contributed by atoms with Gasteiger partial charge in [-0.2, -0.15) is 0 Å². The van der Waals surface area contributed by atoms with Gasteiger partial charge in [-0.1, -0.05) is 44.2 Å². The van der Waals surface area contributed by atoms with E-state index in [0.29, 0.717) is 30.9 Å². The minimum Gasteiger partial charge on any atom is -0.369 e. The maximum Gasteiger partial charge on any atom is 0.251 e. The summed E-state index contributed by atoms with van der Waals surface area (Å²) in [6.07, 6.45) is 0.608. The lowest BCUT2D eigenvalue weighted by molar-refractivity contribution is -0.141. The van der Waals surface area contributed by atoms with E-state index in [1.54, 1.807) is 0 Å². The summed E-state index contributed by atoms with van der Waals surface area (Å²) in [6.45, 7) is 8.89. The summed E-state index contributed by atoms with van der Waals surface area (Å²) in [4.78, 5) is 14.5. The Balaban J connectivity index is 1.94. The molecule has 0 saturated carbocycles. The number of nitrogens with two attached hydrogens (primary N) is 1. The molecule has 1 unspecified atom stereocenters. The van der Waals surface area contributed by atoms with Gasteiger partial charge >= 0.3 is 0 Å². The van der Waals surface area contributed by atoms with Crippen LogP contribution in [0.1, 0.15) is 38.7 Å². The number of amides is 1. The lowest BCUT2D eigenvalue weighted by atomic mass is 9.89. The molecule has 1 aliphatic heterocycles. The van der Waals surface area contributed by atoms with Gasteiger partial charge < -0.3 is 15.4 Å². The van der Waals surface area contributed by atoms with Gasteiger partial charge in [0.25, 0.3) is 5.91 Å². The highest BCUT2D eigenvalue weighted by molar-refractivity contribution is 5.81. The summed E-state index contributed by atoms with van der Waals surface area (Å²) in [5, 5.41) is 0. The first kappa shape index (κ1) is 18.0. The Morgan fingerprint density at radius 2 is 1.96 bits per heavy atom. The Hall–Kier alpha value is -1.39. The van der Waals surface area contributed by atoms with Gasteiger partial charge in [0, 0.05) is 25.6 Å². The second-order valence-electron chi connectivity index (χ2n) is 6.95. The van der Waals surface area contributed by atoms with Crippen molar-refractivity contribution < 1.29 is 9.53 Å². The van der Waals surface area contributed by atoms with Gasteiger partial charge in [-0.3, -0.25) is 4.79 Å². The zero-order valence-electron chi connectivity index (χ0n) is 14.6. The van der Waals surface area contributed by atoms with Crippen molar-refractivity contribution in [1.29, 1.82) is 0 Å². The molecule has 1 aromatic rings. The summed E-state index contributed by atoms with van der Waals surface area (Å²) in [7, 11) is 0.